The minimum atomic E-state index is 0.539. The predicted molar refractivity (Wildman–Crippen MR) is 92.7 cm³/mol. The van der Waals surface area contributed by atoms with Gasteiger partial charge in [-0.3, -0.25) is 0 Å². The number of pyridine rings is 1. The predicted octanol–water partition coefficient (Wildman–Crippen LogP) is 3.32. The van der Waals surface area contributed by atoms with Crippen LogP contribution < -0.4 is 11.1 Å². The summed E-state index contributed by atoms with van der Waals surface area (Å²) in [5.74, 6) is 0.539. The second kappa shape index (κ2) is 5.51. The molecule has 0 unspecified atom stereocenters. The Balaban J connectivity index is 1.81. The number of nitrogens with one attached hydrogen (secondary N) is 1. The molecule has 0 atom stereocenters. The molecule has 0 spiro atoms. The summed E-state index contributed by atoms with van der Waals surface area (Å²) in [6, 6.07) is 10.3. The van der Waals surface area contributed by atoms with Crippen molar-refractivity contribution in [1.82, 2.24) is 15.3 Å². The molecule has 0 amide bonds. The molecule has 0 saturated heterocycles. The Labute approximate surface area is 132 Å². The van der Waals surface area contributed by atoms with Crippen molar-refractivity contribution in [3.63, 3.8) is 0 Å². The number of nitrogens with zero attached hydrogens (tertiary/aromatic N) is 2. The van der Waals surface area contributed by atoms with E-state index < -0.39 is 0 Å². The third-order valence-corrected chi connectivity index (χ3v) is 4.95. The van der Waals surface area contributed by atoms with Crippen molar-refractivity contribution >= 4 is 32.9 Å². The molecule has 2 aromatic heterocycles. The summed E-state index contributed by atoms with van der Waals surface area (Å²) in [6.07, 6.45) is 5.10. The highest BCUT2D eigenvalue weighted by Crippen LogP contribution is 2.34. The summed E-state index contributed by atoms with van der Waals surface area (Å²) in [5.41, 5.74) is 10.5. The molecule has 0 aliphatic carbocycles. The van der Waals surface area contributed by atoms with Gasteiger partial charge in [0, 0.05) is 12.7 Å². The molecule has 1 aliphatic rings. The van der Waals surface area contributed by atoms with Gasteiger partial charge in [0.15, 0.2) is 0 Å². The van der Waals surface area contributed by atoms with E-state index in [-0.39, 0.29) is 0 Å². The van der Waals surface area contributed by atoms with Crippen LogP contribution in [0.2, 0.25) is 0 Å². The van der Waals surface area contributed by atoms with Crippen molar-refractivity contribution in [3.8, 4) is 10.6 Å². The molecular formula is C17H16N4S. The Hall–Kier alpha value is -2.24. The smallest absolute Gasteiger partial charge is 0.133 e. The third kappa shape index (κ3) is 2.38. The van der Waals surface area contributed by atoms with Crippen molar-refractivity contribution in [3.05, 3.63) is 48.2 Å². The lowest BCUT2D eigenvalue weighted by molar-refractivity contribution is 0.738. The van der Waals surface area contributed by atoms with Crippen molar-refractivity contribution in [1.29, 1.82) is 0 Å². The fourth-order valence-electron chi connectivity index (χ4n) is 2.69. The van der Waals surface area contributed by atoms with Crippen molar-refractivity contribution in [2.75, 3.05) is 18.8 Å². The molecule has 0 radical (unpaired) electrons. The molecule has 0 bridgehead atoms. The van der Waals surface area contributed by atoms with Gasteiger partial charge in [-0.25, -0.2) is 9.97 Å². The van der Waals surface area contributed by atoms with Crippen LogP contribution in [0, 0.1) is 0 Å². The van der Waals surface area contributed by atoms with Gasteiger partial charge in [-0.15, -0.1) is 11.3 Å². The van der Waals surface area contributed by atoms with Crippen molar-refractivity contribution in [2.24, 2.45) is 0 Å². The van der Waals surface area contributed by atoms with E-state index in [0.29, 0.717) is 5.82 Å². The van der Waals surface area contributed by atoms with Crippen LogP contribution >= 0.6 is 11.3 Å². The lowest BCUT2D eigenvalue weighted by Crippen LogP contribution is -2.20. The van der Waals surface area contributed by atoms with E-state index >= 15 is 0 Å². The SMILES string of the molecule is Nc1ncc(C2=CCNCC2)cc1-c1nc2ccccc2s1. The van der Waals surface area contributed by atoms with Gasteiger partial charge in [0.05, 0.1) is 15.8 Å². The highest BCUT2D eigenvalue weighted by molar-refractivity contribution is 7.21. The first-order valence-electron chi connectivity index (χ1n) is 7.33. The van der Waals surface area contributed by atoms with Gasteiger partial charge >= 0.3 is 0 Å². The summed E-state index contributed by atoms with van der Waals surface area (Å²) in [4.78, 5) is 9.08. The second-order valence-electron chi connectivity index (χ2n) is 5.33. The van der Waals surface area contributed by atoms with Crippen LogP contribution in [0.15, 0.2) is 42.6 Å². The number of fused-ring (bicyclic) bond motifs is 1. The summed E-state index contributed by atoms with van der Waals surface area (Å²) >= 11 is 1.66. The number of hydrogen-bond donors (Lipinski definition) is 2. The number of rotatable bonds is 2. The lowest BCUT2D eigenvalue weighted by atomic mass is 10.0. The van der Waals surface area contributed by atoms with Gasteiger partial charge in [-0.2, -0.15) is 0 Å². The highest BCUT2D eigenvalue weighted by Gasteiger charge is 2.13. The Morgan fingerprint density at radius 2 is 2.14 bits per heavy atom. The standard InChI is InChI=1S/C17H16N4S/c18-16-13(17-21-14-3-1-2-4-15(14)22-17)9-12(10-20-16)11-5-7-19-8-6-11/h1-5,9-10,19H,6-8H2,(H2,18,20). The van der Waals surface area contributed by atoms with Crippen LogP contribution in [0.1, 0.15) is 12.0 Å². The monoisotopic (exact) mass is 308 g/mol. The van der Waals surface area contributed by atoms with Gasteiger partial charge in [0.1, 0.15) is 10.8 Å². The molecular weight excluding hydrogens is 292 g/mol. The van der Waals surface area contributed by atoms with Gasteiger partial charge in [0.2, 0.25) is 0 Å². The first kappa shape index (κ1) is 13.4. The van der Waals surface area contributed by atoms with Gasteiger partial charge in [0.25, 0.3) is 0 Å². The number of thiazole rings is 1. The molecule has 4 nitrogen and oxygen atoms in total. The topological polar surface area (TPSA) is 63.8 Å². The zero-order chi connectivity index (χ0) is 14.9. The summed E-state index contributed by atoms with van der Waals surface area (Å²) < 4.78 is 1.17. The fraction of sp³-hybridized carbons (Fsp3) is 0.176. The van der Waals surface area contributed by atoms with E-state index in [4.69, 9.17) is 10.7 Å². The fourth-order valence-corrected chi connectivity index (χ4v) is 3.69. The maximum atomic E-state index is 6.10. The normalized spacial score (nSPS) is 15.0. The molecule has 1 aromatic carbocycles. The number of anilines is 1. The maximum absolute atomic E-state index is 6.10. The molecule has 3 N–H and O–H groups in total. The molecule has 3 heterocycles. The van der Waals surface area contributed by atoms with Crippen LogP contribution in [0.25, 0.3) is 26.4 Å². The van der Waals surface area contributed by atoms with Gasteiger partial charge < -0.3 is 11.1 Å². The average molecular weight is 308 g/mol. The Bertz CT molecular complexity index is 833. The molecule has 5 heteroatoms. The molecule has 1 aliphatic heterocycles. The van der Waals surface area contributed by atoms with Gasteiger partial charge in [-0.05, 0) is 42.3 Å². The van der Waals surface area contributed by atoms with Crippen LogP contribution in [0.5, 0.6) is 0 Å². The largest absolute Gasteiger partial charge is 0.383 e. The molecule has 22 heavy (non-hydrogen) atoms. The van der Waals surface area contributed by atoms with Crippen LogP contribution in [0.3, 0.4) is 0 Å². The second-order valence-corrected chi connectivity index (χ2v) is 6.36. The molecule has 4 rings (SSSR count). The van der Waals surface area contributed by atoms with E-state index in [9.17, 15) is 0 Å². The molecule has 110 valence electrons. The number of nitrogen functional groups attached to an aromatic ring is 1. The number of benzene rings is 1. The zero-order valence-corrected chi connectivity index (χ0v) is 12.9. The van der Waals surface area contributed by atoms with Crippen LogP contribution in [-0.4, -0.2) is 23.1 Å². The molecule has 0 fully saturated rings. The van der Waals surface area contributed by atoms with Crippen LogP contribution in [0.4, 0.5) is 5.82 Å². The number of para-hydroxylation sites is 1. The molecule has 0 saturated carbocycles. The average Bonchev–Trinajstić information content (AvgIpc) is 3.00. The minimum Gasteiger partial charge on any atom is -0.383 e. The van der Waals surface area contributed by atoms with E-state index in [1.54, 1.807) is 11.3 Å². The van der Waals surface area contributed by atoms with E-state index in [1.807, 2.05) is 24.4 Å². The number of nitrogens with two attached hydrogens (primary N) is 1. The maximum Gasteiger partial charge on any atom is 0.133 e. The highest BCUT2D eigenvalue weighted by atomic mass is 32.1. The van der Waals surface area contributed by atoms with Crippen molar-refractivity contribution < 1.29 is 0 Å². The number of aromatic nitrogens is 2. The summed E-state index contributed by atoms with van der Waals surface area (Å²) in [5, 5.41) is 4.26. The first-order chi connectivity index (χ1) is 10.8. The quantitative estimate of drug-likeness (QED) is 0.762. The van der Waals surface area contributed by atoms with Crippen LogP contribution in [-0.2, 0) is 0 Å². The van der Waals surface area contributed by atoms with E-state index in [0.717, 1.165) is 41.2 Å². The van der Waals surface area contributed by atoms with E-state index in [1.165, 1.54) is 10.3 Å². The Kier molecular flexibility index (Phi) is 3.36. The summed E-state index contributed by atoms with van der Waals surface area (Å²) in [7, 11) is 0. The molecule has 3 aromatic rings. The number of hydrogen-bond acceptors (Lipinski definition) is 5. The zero-order valence-electron chi connectivity index (χ0n) is 12.0. The summed E-state index contributed by atoms with van der Waals surface area (Å²) in [6.45, 7) is 1.92. The van der Waals surface area contributed by atoms with Crippen molar-refractivity contribution in [2.45, 2.75) is 6.42 Å². The Morgan fingerprint density at radius 1 is 1.23 bits per heavy atom. The van der Waals surface area contributed by atoms with Gasteiger partial charge in [-0.1, -0.05) is 18.2 Å². The first-order valence-corrected chi connectivity index (χ1v) is 8.14. The van der Waals surface area contributed by atoms with E-state index in [2.05, 4.69) is 28.5 Å². The Morgan fingerprint density at radius 3 is 2.95 bits per heavy atom. The minimum absolute atomic E-state index is 0.539. The lowest BCUT2D eigenvalue weighted by Gasteiger charge is -2.15. The third-order valence-electron chi connectivity index (χ3n) is 3.88.